The van der Waals surface area contributed by atoms with Crippen LogP contribution in [0, 0.1) is 29.6 Å². The number of likely N-dealkylation sites (tertiary alicyclic amines) is 1. The number of carboxylic acids is 2. The summed E-state index contributed by atoms with van der Waals surface area (Å²) in [7, 11) is 0. The number of aliphatic hydroxyl groups excluding tert-OH is 2. The summed E-state index contributed by atoms with van der Waals surface area (Å²) in [5.74, 6) is -5.64. The van der Waals surface area contributed by atoms with Crippen molar-refractivity contribution in [2.24, 2.45) is 29.6 Å². The van der Waals surface area contributed by atoms with Crippen LogP contribution >= 0.6 is 15.9 Å². The lowest BCUT2D eigenvalue weighted by Crippen LogP contribution is -3.00. The molecule has 2 fully saturated rings. The largest absolute Gasteiger partial charge is 1.00 e. The number of ketones is 3. The molecule has 0 saturated carbocycles. The van der Waals surface area contributed by atoms with Crippen molar-refractivity contribution in [1.82, 2.24) is 9.80 Å². The predicted molar refractivity (Wildman–Crippen MR) is 315 cm³/mol. The zero-order valence-corrected chi connectivity index (χ0v) is 53.1. The van der Waals surface area contributed by atoms with E-state index in [0.717, 1.165) is 18.5 Å². The molecule has 84 heavy (non-hydrogen) atoms. The van der Waals surface area contributed by atoms with Crippen molar-refractivity contribution < 1.29 is 105 Å². The third-order valence-corrected chi connectivity index (χ3v) is 13.5. The summed E-state index contributed by atoms with van der Waals surface area (Å²) in [5.41, 5.74) is 1.17. The summed E-state index contributed by atoms with van der Waals surface area (Å²) >= 11 is 3.10. The maximum absolute atomic E-state index is 12.1. The maximum Gasteiger partial charge on any atom is 0.411 e. The molecule has 2 aliphatic heterocycles. The monoisotopic (exact) mass is 1270 g/mol. The van der Waals surface area contributed by atoms with Gasteiger partial charge in [0, 0.05) is 35.6 Å². The van der Waals surface area contributed by atoms with E-state index in [1.54, 1.807) is 96.1 Å². The maximum atomic E-state index is 12.1. The average molecular weight is 1270 g/mol. The van der Waals surface area contributed by atoms with Crippen molar-refractivity contribution >= 4 is 69.2 Å². The first kappa shape index (κ1) is 79.9. The Balaban J connectivity index is 0. The van der Waals surface area contributed by atoms with Gasteiger partial charge in [0.1, 0.15) is 23.7 Å². The Morgan fingerprint density at radius 2 is 1.06 bits per heavy atom. The van der Waals surface area contributed by atoms with E-state index in [0.29, 0.717) is 35.3 Å². The van der Waals surface area contributed by atoms with Gasteiger partial charge in [-0.1, -0.05) is 142 Å². The minimum absolute atomic E-state index is 0. The Labute approximate surface area is 509 Å². The SMILES string of the molecule is CCN(CC)CC.C[C@H](C(=O)O)C(O)O.C[C@H](O)[C@H](C)C(=O)OCC(=O)c1ccccc1.C[C@H]1C[C@@H](C(=O)O)N(C(=O)OC(C)(C)C)C1.C[C@H]1C[NH2+][C@@H](C(=O)O[C@@H](C)[C@H](C)C(=O)OCC(=O)c2ccccc2)C1.O=C(CBr)c1ccccc1.[Cl-]. The van der Waals surface area contributed by atoms with Gasteiger partial charge in [0.25, 0.3) is 0 Å². The quantitative estimate of drug-likeness (QED) is 0.0309. The van der Waals surface area contributed by atoms with Crippen molar-refractivity contribution in [2.45, 2.75) is 139 Å². The van der Waals surface area contributed by atoms with Gasteiger partial charge in [0.15, 0.2) is 42.9 Å². The van der Waals surface area contributed by atoms with E-state index in [4.69, 9.17) is 39.4 Å². The number of amides is 1. The number of carboxylic acid groups (broad SMARTS) is 2. The first-order valence-corrected chi connectivity index (χ1v) is 28.9. The van der Waals surface area contributed by atoms with Crippen molar-refractivity contribution in [1.29, 1.82) is 0 Å². The van der Waals surface area contributed by atoms with Crippen molar-refractivity contribution in [2.75, 3.05) is 51.3 Å². The van der Waals surface area contributed by atoms with Crippen LogP contribution in [0.1, 0.15) is 134 Å². The number of ether oxygens (including phenoxy) is 4. The molecule has 7 N–H and O–H groups in total. The summed E-state index contributed by atoms with van der Waals surface area (Å²) in [6.07, 6.45) is -2.40. The van der Waals surface area contributed by atoms with Crippen LogP contribution in [0.3, 0.4) is 0 Å². The normalized spacial score (nSPS) is 17.5. The Morgan fingerprint density at radius 1 is 0.643 bits per heavy atom. The number of aliphatic carboxylic acids is 2. The van der Waals surface area contributed by atoms with Crippen LogP contribution in [0.15, 0.2) is 91.0 Å². The molecule has 21 nitrogen and oxygen atoms in total. The van der Waals surface area contributed by atoms with Crippen LogP contribution in [0.25, 0.3) is 0 Å². The van der Waals surface area contributed by atoms with E-state index in [9.17, 15) is 48.3 Å². The zero-order chi connectivity index (χ0) is 63.6. The van der Waals surface area contributed by atoms with E-state index in [-0.39, 0.29) is 60.9 Å². The molecular weight excluding hydrogens is 1180 g/mol. The molecule has 3 aromatic carbocycles. The fourth-order valence-corrected chi connectivity index (χ4v) is 7.55. The summed E-state index contributed by atoms with van der Waals surface area (Å²) in [4.78, 5) is 106. The van der Waals surface area contributed by atoms with Crippen molar-refractivity contribution in [3.8, 4) is 0 Å². The van der Waals surface area contributed by atoms with Crippen LogP contribution in [0.2, 0.25) is 0 Å². The molecule has 3 aromatic rings. The highest BCUT2D eigenvalue weighted by atomic mass is 79.9. The van der Waals surface area contributed by atoms with Gasteiger partial charge in [-0.3, -0.25) is 33.7 Å². The highest BCUT2D eigenvalue weighted by molar-refractivity contribution is 9.09. The molecule has 0 bridgehead atoms. The number of hydrogen-bond acceptors (Lipinski definition) is 17. The summed E-state index contributed by atoms with van der Waals surface area (Å²) in [6, 6.07) is 25.5. The number of benzene rings is 3. The molecule has 5 rings (SSSR count). The van der Waals surface area contributed by atoms with E-state index in [1.807, 2.05) is 48.6 Å². The second kappa shape index (κ2) is 42.6. The molecule has 0 aromatic heterocycles. The van der Waals surface area contributed by atoms with Crippen LogP contribution in [0.4, 0.5) is 4.79 Å². The number of aliphatic hydroxyl groups is 3. The Morgan fingerprint density at radius 3 is 1.37 bits per heavy atom. The second-order valence-corrected chi connectivity index (χ2v) is 21.6. The fraction of sp³-hybridized carbons (Fsp3) is 0.557. The third kappa shape index (κ3) is 32.8. The van der Waals surface area contributed by atoms with Gasteiger partial charge in [-0.15, -0.1) is 0 Å². The second-order valence-electron chi connectivity index (χ2n) is 21.1. The Bertz CT molecular complexity index is 2420. The van der Waals surface area contributed by atoms with Crippen molar-refractivity contribution in [3.05, 3.63) is 108 Å². The summed E-state index contributed by atoms with van der Waals surface area (Å²) < 4.78 is 20.5. The summed E-state index contributed by atoms with van der Waals surface area (Å²) in [5, 5.41) is 44.9. The summed E-state index contributed by atoms with van der Waals surface area (Å²) in [6.45, 7) is 27.8. The molecule has 2 saturated heterocycles. The highest BCUT2D eigenvalue weighted by Gasteiger charge is 2.40. The number of carbonyl (C=O) groups is 9. The molecule has 0 spiro atoms. The smallest absolute Gasteiger partial charge is 0.411 e. The molecule has 472 valence electrons. The van der Waals surface area contributed by atoms with Gasteiger partial charge < -0.3 is 67.1 Å². The molecular formula is C61H91BrClN3O18. The Hall–Kier alpha value is -6.14. The number of rotatable bonds is 20. The fourth-order valence-electron chi connectivity index (χ4n) is 7.23. The van der Waals surface area contributed by atoms with Gasteiger partial charge >= 0.3 is 35.9 Å². The number of quaternary nitrogens is 1. The molecule has 2 heterocycles. The molecule has 2 aliphatic rings. The lowest BCUT2D eigenvalue weighted by Gasteiger charge is -2.26. The van der Waals surface area contributed by atoms with Gasteiger partial charge in [0.2, 0.25) is 0 Å². The standard InChI is InChI=1S/C19H25NO5.C13H16O4.C11H19NO4.C8H7BrO.C6H15N.C4H8O4.ClH/c1-12-9-16(20-10-12)19(23)25-14(3)13(2)18(22)24-11-17(21)15-7-5-4-6-8-15;1-9(10(2)14)13(16)17-8-12(15)11-6-4-3-5-7-11;1-7-5-8(9(13)14)12(6-7)10(15)16-11(2,3)4;9-6-8(10)7-4-2-1-3-5-7;1-4-7(5-2)6-3;1-2(3(5)6)4(7)8;/h4-8,12-14,16,20H,9-11H2,1-3H3;3-7,9-10,14H,8H2,1-2H3;7-8H,5-6H2,1-4H3,(H,13,14);1-5H,6H2;4-6H2,1-3H3;2-3,5-6H,1H3,(H,7,8);1H/t12-,13+,14+,16-;9-,10-;7-,8-;;;2-;/m100..0./s1. The molecule has 23 heteroatoms. The topological polar surface area (TPSA) is 315 Å². The molecule has 0 aliphatic carbocycles. The van der Waals surface area contributed by atoms with Crippen molar-refractivity contribution in [3.63, 3.8) is 0 Å². The number of halogens is 2. The van der Waals surface area contributed by atoms with Gasteiger partial charge in [-0.25, -0.2) is 14.4 Å². The van der Waals surface area contributed by atoms with E-state index < -0.39 is 77.9 Å². The van der Waals surface area contributed by atoms with Gasteiger partial charge in [-0.05, 0) is 87.4 Å². The molecule has 0 radical (unpaired) electrons. The minimum atomic E-state index is -1.76. The number of nitrogens with zero attached hydrogens (tertiary/aromatic N) is 2. The van der Waals surface area contributed by atoms with Crippen LogP contribution in [0.5, 0.6) is 0 Å². The van der Waals surface area contributed by atoms with E-state index in [2.05, 4.69) is 48.5 Å². The minimum Gasteiger partial charge on any atom is -1.00 e. The number of hydrogen-bond donors (Lipinski definition) is 6. The van der Waals surface area contributed by atoms with Crippen LogP contribution in [-0.4, -0.2) is 176 Å². The van der Waals surface area contributed by atoms with Gasteiger partial charge in [-0.2, -0.15) is 0 Å². The number of nitrogens with two attached hydrogens (primary N) is 1. The predicted octanol–water partition coefficient (Wildman–Crippen LogP) is 3.73. The Kier molecular flexibility index (Phi) is 40.6. The number of carbonyl (C=O) groups excluding carboxylic acids is 7. The number of Topliss-reactive ketones (excluding diaryl/α,β-unsaturated/α-hetero) is 3. The first-order chi connectivity index (χ1) is 38.8. The number of alkyl halides is 1. The van der Waals surface area contributed by atoms with E-state index in [1.165, 1.54) is 38.4 Å². The number of esters is 3. The van der Waals surface area contributed by atoms with E-state index >= 15 is 0 Å². The lowest BCUT2D eigenvalue weighted by molar-refractivity contribution is -0.661. The molecule has 9 atom stereocenters. The van der Waals surface area contributed by atoms with Gasteiger partial charge in [0.05, 0.1) is 29.8 Å². The van der Waals surface area contributed by atoms with Crippen LogP contribution in [-0.2, 0) is 42.9 Å². The molecule has 1 amide bonds. The molecule has 0 unspecified atom stereocenters. The van der Waals surface area contributed by atoms with Crippen LogP contribution < -0.4 is 17.7 Å². The average Bonchev–Trinajstić information content (AvgIpc) is 4.20. The zero-order valence-electron chi connectivity index (χ0n) is 50.8. The lowest BCUT2D eigenvalue weighted by atomic mass is 10.1. The first-order valence-electron chi connectivity index (χ1n) is 27.7. The highest BCUT2D eigenvalue weighted by Crippen LogP contribution is 2.25. The third-order valence-electron chi connectivity index (χ3n) is 13.0.